The number of fused-ring (bicyclic) bond motifs is 3. The normalized spacial score (nSPS) is 18.5. The van der Waals surface area contributed by atoms with E-state index in [-0.39, 0.29) is 6.04 Å². The fourth-order valence-corrected chi connectivity index (χ4v) is 4.39. The number of ether oxygens (including phenoxy) is 3. The summed E-state index contributed by atoms with van der Waals surface area (Å²) in [5, 5.41) is 2.03. The SMILES string of the molecule is COc1cccc2c1OC(c1ccc(OC(=O)c3ccccc3)cc1)N1NC(c3ccco3)=CC21. The van der Waals surface area contributed by atoms with Crippen LogP contribution in [-0.2, 0) is 0 Å². The fraction of sp³-hybridized carbons (Fsp3) is 0.107. The Kier molecular flexibility index (Phi) is 5.24. The van der Waals surface area contributed by atoms with E-state index in [0.29, 0.717) is 22.8 Å². The summed E-state index contributed by atoms with van der Waals surface area (Å²) < 4.78 is 23.2. The molecule has 35 heavy (non-hydrogen) atoms. The molecule has 0 radical (unpaired) electrons. The van der Waals surface area contributed by atoms with Gasteiger partial charge in [0.15, 0.2) is 23.5 Å². The van der Waals surface area contributed by atoms with Gasteiger partial charge in [0.2, 0.25) is 0 Å². The number of hydrogen-bond acceptors (Lipinski definition) is 7. The first-order chi connectivity index (χ1) is 17.2. The van der Waals surface area contributed by atoms with Crippen LogP contribution in [0.4, 0.5) is 0 Å². The van der Waals surface area contributed by atoms with E-state index in [9.17, 15) is 4.79 Å². The zero-order valence-electron chi connectivity index (χ0n) is 18.9. The summed E-state index contributed by atoms with van der Waals surface area (Å²) in [5.41, 5.74) is 6.67. The van der Waals surface area contributed by atoms with Gasteiger partial charge in [0.05, 0.1) is 30.7 Å². The Morgan fingerprint density at radius 1 is 0.943 bits per heavy atom. The monoisotopic (exact) mass is 466 g/mol. The number of nitrogens with zero attached hydrogens (tertiary/aromatic N) is 1. The van der Waals surface area contributed by atoms with Crippen LogP contribution in [0.2, 0.25) is 0 Å². The maximum Gasteiger partial charge on any atom is 0.343 e. The van der Waals surface area contributed by atoms with Crippen molar-refractivity contribution in [2.75, 3.05) is 7.11 Å². The van der Waals surface area contributed by atoms with E-state index >= 15 is 0 Å². The third-order valence-corrected chi connectivity index (χ3v) is 6.08. The zero-order valence-corrected chi connectivity index (χ0v) is 18.9. The first kappa shape index (κ1) is 21.1. The van der Waals surface area contributed by atoms with Crippen molar-refractivity contribution in [3.63, 3.8) is 0 Å². The second-order valence-corrected chi connectivity index (χ2v) is 8.19. The average Bonchev–Trinajstić information content (AvgIpc) is 3.59. The van der Waals surface area contributed by atoms with Crippen molar-refractivity contribution in [1.82, 2.24) is 10.4 Å². The molecule has 0 aliphatic carbocycles. The second kappa shape index (κ2) is 8.70. The molecule has 2 aliphatic rings. The van der Waals surface area contributed by atoms with Crippen LogP contribution in [0.15, 0.2) is 102 Å². The number of para-hydroxylation sites is 1. The Balaban J connectivity index is 1.31. The van der Waals surface area contributed by atoms with Crippen molar-refractivity contribution < 1.29 is 23.4 Å². The fourth-order valence-electron chi connectivity index (χ4n) is 4.39. The molecule has 0 spiro atoms. The molecule has 2 aliphatic heterocycles. The number of carbonyl (C=O) groups excluding carboxylic acids is 1. The molecule has 2 atom stereocenters. The number of methoxy groups -OCH3 is 1. The van der Waals surface area contributed by atoms with Gasteiger partial charge in [-0.1, -0.05) is 42.5 Å². The Labute approximate surface area is 202 Å². The van der Waals surface area contributed by atoms with Gasteiger partial charge in [-0.3, -0.25) is 0 Å². The Morgan fingerprint density at radius 2 is 1.77 bits per heavy atom. The molecule has 3 aromatic carbocycles. The van der Waals surface area contributed by atoms with Gasteiger partial charge in [0, 0.05) is 11.1 Å². The van der Waals surface area contributed by atoms with Crippen molar-refractivity contribution >= 4 is 11.7 Å². The van der Waals surface area contributed by atoms with Crippen LogP contribution in [0.3, 0.4) is 0 Å². The van der Waals surface area contributed by atoms with Gasteiger partial charge in [0.25, 0.3) is 0 Å². The predicted molar refractivity (Wildman–Crippen MR) is 129 cm³/mol. The minimum absolute atomic E-state index is 0.102. The van der Waals surface area contributed by atoms with Gasteiger partial charge >= 0.3 is 5.97 Å². The first-order valence-corrected chi connectivity index (χ1v) is 11.2. The standard InChI is InChI=1S/C28H22N2O5/c1-32-25-10-5-9-21-23-17-22(24-11-6-16-33-24)29-30(23)27(35-26(21)25)18-12-14-20(15-13-18)34-28(31)19-7-3-2-4-8-19/h2-17,23,27,29H,1H3. The third kappa shape index (κ3) is 3.82. The van der Waals surface area contributed by atoms with Crippen LogP contribution >= 0.6 is 0 Å². The van der Waals surface area contributed by atoms with Crippen molar-refractivity contribution in [2.45, 2.75) is 12.3 Å². The van der Waals surface area contributed by atoms with Crippen LogP contribution in [-0.4, -0.2) is 18.1 Å². The molecule has 174 valence electrons. The maximum atomic E-state index is 12.4. The molecule has 0 saturated heterocycles. The van der Waals surface area contributed by atoms with Crippen molar-refractivity contribution in [1.29, 1.82) is 0 Å². The summed E-state index contributed by atoms with van der Waals surface area (Å²) in [5.74, 6) is 2.15. The first-order valence-electron chi connectivity index (χ1n) is 11.2. The molecular weight excluding hydrogens is 444 g/mol. The maximum absolute atomic E-state index is 12.4. The lowest BCUT2D eigenvalue weighted by atomic mass is 10.0. The molecule has 1 N–H and O–H groups in total. The van der Waals surface area contributed by atoms with Crippen LogP contribution in [0.5, 0.6) is 17.2 Å². The molecule has 4 aromatic rings. The smallest absolute Gasteiger partial charge is 0.343 e. The van der Waals surface area contributed by atoms with Crippen molar-refractivity contribution in [3.05, 3.63) is 120 Å². The second-order valence-electron chi connectivity index (χ2n) is 8.19. The highest BCUT2D eigenvalue weighted by molar-refractivity contribution is 5.90. The molecule has 7 nitrogen and oxygen atoms in total. The van der Waals surface area contributed by atoms with E-state index in [1.165, 1.54) is 0 Å². The van der Waals surface area contributed by atoms with Gasteiger partial charge in [0.1, 0.15) is 5.75 Å². The quantitative estimate of drug-likeness (QED) is 0.307. The van der Waals surface area contributed by atoms with Crippen molar-refractivity contribution in [2.24, 2.45) is 0 Å². The van der Waals surface area contributed by atoms with Crippen LogP contribution in [0.1, 0.15) is 39.5 Å². The summed E-state index contributed by atoms with van der Waals surface area (Å²) in [4.78, 5) is 12.4. The highest BCUT2D eigenvalue weighted by atomic mass is 16.5. The largest absolute Gasteiger partial charge is 0.493 e. The molecule has 0 fully saturated rings. The van der Waals surface area contributed by atoms with E-state index < -0.39 is 12.2 Å². The van der Waals surface area contributed by atoms with Crippen LogP contribution in [0.25, 0.3) is 5.70 Å². The van der Waals surface area contributed by atoms with Crippen LogP contribution in [0, 0.1) is 0 Å². The van der Waals surface area contributed by atoms with Crippen LogP contribution < -0.4 is 19.6 Å². The molecule has 0 amide bonds. The summed E-state index contributed by atoms with van der Waals surface area (Å²) >= 11 is 0. The van der Waals surface area contributed by atoms with Gasteiger partial charge in [-0.2, -0.15) is 5.01 Å². The van der Waals surface area contributed by atoms with Gasteiger partial charge in [-0.05, 0) is 48.5 Å². The Bertz CT molecular complexity index is 1380. The predicted octanol–water partition coefficient (Wildman–Crippen LogP) is 5.50. The number of furan rings is 1. The van der Waals surface area contributed by atoms with Gasteiger partial charge < -0.3 is 24.1 Å². The third-order valence-electron chi connectivity index (χ3n) is 6.08. The topological polar surface area (TPSA) is 73.2 Å². The lowest BCUT2D eigenvalue weighted by molar-refractivity contribution is -0.0344. The van der Waals surface area contributed by atoms with E-state index in [0.717, 1.165) is 22.6 Å². The summed E-state index contributed by atoms with van der Waals surface area (Å²) in [6.45, 7) is 0. The van der Waals surface area contributed by atoms with Gasteiger partial charge in [-0.25, -0.2) is 4.79 Å². The number of carbonyl (C=O) groups is 1. The summed E-state index contributed by atoms with van der Waals surface area (Å²) in [6, 6.07) is 25.8. The number of benzene rings is 3. The minimum atomic E-state index is -0.466. The Hall–Kier alpha value is -4.49. The molecule has 6 rings (SSSR count). The highest BCUT2D eigenvalue weighted by Gasteiger charge is 2.41. The molecular formula is C28H22N2O5. The minimum Gasteiger partial charge on any atom is -0.493 e. The lowest BCUT2D eigenvalue weighted by Gasteiger charge is -2.39. The molecule has 3 heterocycles. The van der Waals surface area contributed by atoms with E-state index in [2.05, 4.69) is 11.5 Å². The number of nitrogens with one attached hydrogen (secondary N) is 1. The van der Waals surface area contributed by atoms with E-state index in [1.54, 1.807) is 49.8 Å². The number of esters is 1. The highest BCUT2D eigenvalue weighted by Crippen LogP contribution is 2.49. The average molecular weight is 466 g/mol. The zero-order chi connectivity index (χ0) is 23.8. The number of hydrogen-bond donors (Lipinski definition) is 1. The molecule has 0 bridgehead atoms. The molecule has 1 aromatic heterocycles. The number of rotatable bonds is 5. The summed E-state index contributed by atoms with van der Waals surface area (Å²) in [6.07, 6.45) is 3.30. The molecule has 7 heteroatoms. The van der Waals surface area contributed by atoms with E-state index in [4.69, 9.17) is 18.6 Å². The van der Waals surface area contributed by atoms with E-state index in [1.807, 2.05) is 53.5 Å². The number of hydrazine groups is 1. The Morgan fingerprint density at radius 3 is 2.51 bits per heavy atom. The lowest BCUT2D eigenvalue weighted by Crippen LogP contribution is -2.43. The van der Waals surface area contributed by atoms with Crippen molar-refractivity contribution in [3.8, 4) is 17.2 Å². The summed E-state index contributed by atoms with van der Waals surface area (Å²) in [7, 11) is 1.63. The van der Waals surface area contributed by atoms with Gasteiger partial charge in [-0.15, -0.1) is 0 Å². The molecule has 0 saturated carbocycles. The molecule has 2 unspecified atom stereocenters.